The first kappa shape index (κ1) is 14.9. The predicted molar refractivity (Wildman–Crippen MR) is 85.3 cm³/mol. The van der Waals surface area contributed by atoms with Gasteiger partial charge in [-0.3, -0.25) is 9.78 Å². The molecule has 1 saturated heterocycles. The molecule has 0 aliphatic carbocycles. The Kier molecular flexibility index (Phi) is 3.76. The molecule has 0 N–H and O–H groups in total. The predicted octanol–water partition coefficient (Wildman–Crippen LogP) is 3.28. The molecule has 1 amide bonds. The van der Waals surface area contributed by atoms with Gasteiger partial charge in [-0.1, -0.05) is 18.0 Å². The molecule has 124 valence electrons. The van der Waals surface area contributed by atoms with Crippen molar-refractivity contribution in [3.05, 3.63) is 42.0 Å². The Hall–Kier alpha value is -2.70. The monoisotopic (exact) mass is 326 g/mol. The van der Waals surface area contributed by atoms with Crippen LogP contribution in [0.2, 0.25) is 0 Å². The van der Waals surface area contributed by atoms with Gasteiger partial charge in [0, 0.05) is 19.7 Å². The van der Waals surface area contributed by atoms with E-state index < -0.39 is 0 Å². The summed E-state index contributed by atoms with van der Waals surface area (Å²) in [6, 6.07) is 3.36. The number of likely N-dealkylation sites (tertiary alicyclic amines) is 1. The van der Waals surface area contributed by atoms with Crippen LogP contribution in [0, 0.1) is 6.92 Å². The number of aryl methyl sites for hydroxylation is 1. The van der Waals surface area contributed by atoms with Crippen LogP contribution in [0.5, 0.6) is 0 Å². The van der Waals surface area contributed by atoms with Crippen LogP contribution in [0.25, 0.3) is 11.0 Å². The maximum Gasteiger partial charge on any atom is 0.273 e. The summed E-state index contributed by atoms with van der Waals surface area (Å²) in [4.78, 5) is 23.7. The standard InChI is InChI=1S/C17H18N4O3/c1-11-19-16(20-24-11)13-5-3-2-4-9-21(13)17(22)15-12-7-10-23-14(12)6-8-18-15/h6-8,10,13H,2-5,9H2,1H3. The second kappa shape index (κ2) is 6.07. The minimum absolute atomic E-state index is 0.114. The molecular weight excluding hydrogens is 308 g/mol. The summed E-state index contributed by atoms with van der Waals surface area (Å²) < 4.78 is 10.5. The van der Waals surface area contributed by atoms with Crippen LogP contribution in [0.4, 0.5) is 0 Å². The van der Waals surface area contributed by atoms with Gasteiger partial charge in [0.1, 0.15) is 11.3 Å². The van der Waals surface area contributed by atoms with Gasteiger partial charge in [0.2, 0.25) is 5.89 Å². The molecule has 4 rings (SSSR count). The van der Waals surface area contributed by atoms with Crippen molar-refractivity contribution in [2.75, 3.05) is 6.54 Å². The van der Waals surface area contributed by atoms with Crippen LogP contribution in [0.3, 0.4) is 0 Å². The number of furan rings is 1. The molecule has 0 saturated carbocycles. The van der Waals surface area contributed by atoms with Crippen LogP contribution >= 0.6 is 0 Å². The Bertz CT molecular complexity index is 869. The number of hydrogen-bond donors (Lipinski definition) is 0. The van der Waals surface area contributed by atoms with Crippen molar-refractivity contribution in [2.24, 2.45) is 0 Å². The average molecular weight is 326 g/mol. The van der Waals surface area contributed by atoms with Crippen LogP contribution in [0.1, 0.15) is 53.9 Å². The summed E-state index contributed by atoms with van der Waals surface area (Å²) in [6.45, 7) is 2.42. The second-order valence-electron chi connectivity index (χ2n) is 6.03. The lowest BCUT2D eigenvalue weighted by Gasteiger charge is -2.27. The molecule has 1 fully saturated rings. The summed E-state index contributed by atoms with van der Waals surface area (Å²) in [6.07, 6.45) is 7.08. The molecule has 3 aromatic heterocycles. The SMILES string of the molecule is Cc1nc(C2CCCCCN2C(=O)c2nccc3occc23)no1. The second-order valence-corrected chi connectivity index (χ2v) is 6.03. The number of nitrogens with zero attached hydrogens (tertiary/aromatic N) is 4. The van der Waals surface area contributed by atoms with E-state index in [2.05, 4.69) is 15.1 Å². The summed E-state index contributed by atoms with van der Waals surface area (Å²) >= 11 is 0. The van der Waals surface area contributed by atoms with E-state index in [1.54, 1.807) is 31.5 Å². The highest BCUT2D eigenvalue weighted by Gasteiger charge is 2.32. The Morgan fingerprint density at radius 2 is 2.21 bits per heavy atom. The van der Waals surface area contributed by atoms with Crippen molar-refractivity contribution < 1.29 is 13.7 Å². The van der Waals surface area contributed by atoms with E-state index in [1.807, 2.05) is 4.90 Å². The van der Waals surface area contributed by atoms with E-state index in [0.29, 0.717) is 29.5 Å². The largest absolute Gasteiger partial charge is 0.464 e. The van der Waals surface area contributed by atoms with Gasteiger partial charge in [0.15, 0.2) is 5.82 Å². The molecule has 0 radical (unpaired) electrons. The lowest BCUT2D eigenvalue weighted by Crippen LogP contribution is -2.36. The Labute approximate surface area is 138 Å². The maximum absolute atomic E-state index is 13.2. The first-order chi connectivity index (χ1) is 11.7. The number of pyridine rings is 1. The fraction of sp³-hybridized carbons (Fsp3) is 0.412. The minimum atomic E-state index is -0.179. The van der Waals surface area contributed by atoms with E-state index in [9.17, 15) is 4.79 Å². The van der Waals surface area contributed by atoms with Crippen molar-refractivity contribution in [1.82, 2.24) is 20.0 Å². The molecule has 1 aliphatic heterocycles. The summed E-state index contributed by atoms with van der Waals surface area (Å²) in [7, 11) is 0. The van der Waals surface area contributed by atoms with E-state index in [4.69, 9.17) is 8.94 Å². The first-order valence-corrected chi connectivity index (χ1v) is 8.17. The highest BCUT2D eigenvalue weighted by molar-refractivity contribution is 6.04. The molecular formula is C17H18N4O3. The van der Waals surface area contributed by atoms with Gasteiger partial charge in [-0.15, -0.1) is 0 Å². The highest BCUT2D eigenvalue weighted by atomic mass is 16.5. The molecule has 1 unspecified atom stereocenters. The zero-order valence-electron chi connectivity index (χ0n) is 13.4. The van der Waals surface area contributed by atoms with Crippen LogP contribution in [-0.2, 0) is 0 Å². The fourth-order valence-corrected chi connectivity index (χ4v) is 3.27. The Morgan fingerprint density at radius 3 is 3.04 bits per heavy atom. The lowest BCUT2D eigenvalue weighted by atomic mass is 10.1. The van der Waals surface area contributed by atoms with Crippen LogP contribution in [0.15, 0.2) is 33.5 Å². The van der Waals surface area contributed by atoms with Crippen molar-refractivity contribution in [2.45, 2.75) is 38.6 Å². The number of aromatic nitrogens is 3. The van der Waals surface area contributed by atoms with Crippen LogP contribution < -0.4 is 0 Å². The van der Waals surface area contributed by atoms with Crippen molar-refractivity contribution in [1.29, 1.82) is 0 Å². The molecule has 0 bridgehead atoms. The van der Waals surface area contributed by atoms with Gasteiger partial charge in [0.25, 0.3) is 5.91 Å². The van der Waals surface area contributed by atoms with E-state index in [0.717, 1.165) is 31.1 Å². The molecule has 7 heteroatoms. The highest BCUT2D eigenvalue weighted by Crippen LogP contribution is 2.31. The van der Waals surface area contributed by atoms with E-state index >= 15 is 0 Å². The van der Waals surface area contributed by atoms with E-state index in [-0.39, 0.29) is 11.9 Å². The molecule has 1 atom stereocenters. The van der Waals surface area contributed by atoms with Gasteiger partial charge in [0.05, 0.1) is 17.7 Å². The summed E-state index contributed by atoms with van der Waals surface area (Å²) in [5, 5.41) is 4.77. The number of fused-ring (bicyclic) bond motifs is 1. The summed E-state index contributed by atoms with van der Waals surface area (Å²) in [5.41, 5.74) is 1.07. The number of carbonyl (C=O) groups excluding carboxylic acids is 1. The van der Waals surface area contributed by atoms with Crippen molar-refractivity contribution in [3.8, 4) is 0 Å². The Balaban J connectivity index is 1.73. The third-order valence-corrected chi connectivity index (χ3v) is 4.44. The van der Waals surface area contributed by atoms with E-state index in [1.165, 1.54) is 0 Å². The molecule has 3 aromatic rings. The van der Waals surface area contributed by atoms with Gasteiger partial charge in [-0.2, -0.15) is 4.98 Å². The summed E-state index contributed by atoms with van der Waals surface area (Å²) in [5.74, 6) is 0.968. The zero-order valence-corrected chi connectivity index (χ0v) is 13.4. The van der Waals surface area contributed by atoms with Gasteiger partial charge >= 0.3 is 0 Å². The van der Waals surface area contributed by atoms with Gasteiger partial charge in [-0.05, 0) is 25.0 Å². The topological polar surface area (TPSA) is 85.3 Å². The van der Waals surface area contributed by atoms with Crippen molar-refractivity contribution >= 4 is 16.9 Å². The van der Waals surface area contributed by atoms with Crippen LogP contribution in [-0.4, -0.2) is 32.5 Å². The molecule has 0 aromatic carbocycles. The first-order valence-electron chi connectivity index (χ1n) is 8.17. The minimum Gasteiger partial charge on any atom is -0.464 e. The molecule has 1 aliphatic rings. The van der Waals surface area contributed by atoms with Gasteiger partial charge < -0.3 is 13.8 Å². The maximum atomic E-state index is 13.2. The molecule has 24 heavy (non-hydrogen) atoms. The third-order valence-electron chi connectivity index (χ3n) is 4.44. The van der Waals surface area contributed by atoms with Crippen molar-refractivity contribution in [3.63, 3.8) is 0 Å². The normalized spacial score (nSPS) is 18.7. The third kappa shape index (κ3) is 2.55. The molecule has 4 heterocycles. The Morgan fingerprint density at radius 1 is 1.29 bits per heavy atom. The quantitative estimate of drug-likeness (QED) is 0.718. The fourth-order valence-electron chi connectivity index (χ4n) is 3.27. The van der Waals surface area contributed by atoms with Gasteiger partial charge in [-0.25, -0.2) is 0 Å². The average Bonchev–Trinajstić information content (AvgIpc) is 3.17. The zero-order chi connectivity index (χ0) is 16.5. The number of amides is 1. The molecule has 0 spiro atoms. The number of rotatable bonds is 2. The number of hydrogen-bond acceptors (Lipinski definition) is 6. The lowest BCUT2D eigenvalue weighted by molar-refractivity contribution is 0.0666. The molecule has 7 nitrogen and oxygen atoms in total. The smallest absolute Gasteiger partial charge is 0.273 e. The number of carbonyl (C=O) groups is 1.